The van der Waals surface area contributed by atoms with Gasteiger partial charge in [-0.05, 0) is 77.9 Å². The van der Waals surface area contributed by atoms with Crippen molar-refractivity contribution in [3.63, 3.8) is 0 Å². The van der Waals surface area contributed by atoms with Gasteiger partial charge in [0.1, 0.15) is 23.0 Å². The molecule has 2 aliphatic rings. The number of alkyl halides is 1. The number of fused-ring (bicyclic) bond motifs is 6. The third-order valence-corrected chi connectivity index (χ3v) is 7.59. The van der Waals surface area contributed by atoms with E-state index in [1.165, 1.54) is 0 Å². The van der Waals surface area contributed by atoms with Gasteiger partial charge in [0.15, 0.2) is 5.60 Å². The minimum absolute atomic E-state index is 0.291. The summed E-state index contributed by atoms with van der Waals surface area (Å²) in [5, 5.41) is 0.775. The average molecular weight is 637 g/mol. The first kappa shape index (κ1) is 29.6. The predicted octanol–water partition coefficient (Wildman–Crippen LogP) is 6.99. The van der Waals surface area contributed by atoms with Crippen molar-refractivity contribution in [3.8, 4) is 23.0 Å². The van der Waals surface area contributed by atoms with E-state index < -0.39 is 34.3 Å². The van der Waals surface area contributed by atoms with E-state index in [1.54, 1.807) is 77.9 Å². The van der Waals surface area contributed by atoms with E-state index in [0.717, 1.165) is 17.6 Å². The molecule has 0 aromatic heterocycles. The number of benzene rings is 3. The van der Waals surface area contributed by atoms with Gasteiger partial charge < -0.3 is 23.8 Å². The van der Waals surface area contributed by atoms with Gasteiger partial charge in [-0.15, -0.1) is 0 Å². The summed E-state index contributed by atoms with van der Waals surface area (Å²) in [6.45, 7) is 11.4. The Morgan fingerprint density at radius 3 is 1.79 bits per heavy atom. The van der Waals surface area contributed by atoms with Crippen molar-refractivity contribution in [3.05, 3.63) is 76.9 Å². The predicted molar refractivity (Wildman–Crippen MR) is 162 cm³/mol. The van der Waals surface area contributed by atoms with Crippen LogP contribution in [0.1, 0.15) is 68.6 Å². The number of hydrogen-bond acceptors (Lipinski definition) is 8. The van der Waals surface area contributed by atoms with Crippen LogP contribution in [0.25, 0.3) is 0 Å². The van der Waals surface area contributed by atoms with E-state index >= 15 is 0 Å². The Balaban J connectivity index is 1.67. The molecule has 2 aliphatic heterocycles. The van der Waals surface area contributed by atoms with E-state index in [1.807, 2.05) is 30.1 Å². The maximum absolute atomic E-state index is 13.5. The molecule has 9 heteroatoms. The number of carbonyl (C=O) groups excluding carboxylic acids is 3. The lowest BCUT2D eigenvalue weighted by Crippen LogP contribution is -2.33. The Kier molecular flexibility index (Phi) is 7.38. The number of anilines is 1. The SMILES string of the molecule is CN(CCBr)c1ccc2c(c1)C(=O)OC21c2ccc(OC(=O)C(C)(C)C)cc2Oc2cc(OC(=O)C(C)(C)C)ccc21. The third kappa shape index (κ3) is 5.15. The maximum Gasteiger partial charge on any atom is 0.340 e. The van der Waals surface area contributed by atoms with Gasteiger partial charge >= 0.3 is 17.9 Å². The lowest BCUT2D eigenvalue weighted by molar-refractivity contribution is -0.143. The van der Waals surface area contributed by atoms with Crippen LogP contribution >= 0.6 is 15.9 Å². The summed E-state index contributed by atoms with van der Waals surface area (Å²) in [6, 6.07) is 15.8. The second kappa shape index (κ2) is 10.5. The van der Waals surface area contributed by atoms with E-state index in [0.29, 0.717) is 45.3 Å². The number of carbonyl (C=O) groups is 3. The summed E-state index contributed by atoms with van der Waals surface area (Å²) < 4.78 is 23.9. The van der Waals surface area contributed by atoms with E-state index in [2.05, 4.69) is 15.9 Å². The molecule has 1 spiro atoms. The third-order valence-electron chi connectivity index (χ3n) is 7.24. The van der Waals surface area contributed by atoms with E-state index in [4.69, 9.17) is 18.9 Å². The van der Waals surface area contributed by atoms with Crippen molar-refractivity contribution in [2.24, 2.45) is 10.8 Å². The zero-order valence-electron chi connectivity index (χ0n) is 24.8. The zero-order valence-corrected chi connectivity index (χ0v) is 26.4. The normalized spacial score (nSPS) is 14.7. The Labute approximate surface area is 254 Å². The van der Waals surface area contributed by atoms with E-state index in [-0.39, 0.29) is 0 Å². The van der Waals surface area contributed by atoms with Crippen molar-refractivity contribution in [2.75, 3.05) is 23.8 Å². The molecule has 0 bridgehead atoms. The first-order chi connectivity index (χ1) is 19.6. The van der Waals surface area contributed by atoms with Crippen molar-refractivity contribution < 1.29 is 33.3 Å². The highest BCUT2D eigenvalue weighted by Gasteiger charge is 2.54. The molecule has 0 fully saturated rings. The average Bonchev–Trinajstić information content (AvgIpc) is 3.19. The summed E-state index contributed by atoms with van der Waals surface area (Å²) in [7, 11) is 1.96. The second-order valence-corrected chi connectivity index (χ2v) is 13.4. The molecule has 0 radical (unpaired) electrons. The van der Waals surface area contributed by atoms with Gasteiger partial charge in [-0.3, -0.25) is 9.59 Å². The Morgan fingerprint density at radius 1 is 0.810 bits per heavy atom. The van der Waals surface area contributed by atoms with Gasteiger partial charge in [-0.25, -0.2) is 4.79 Å². The number of esters is 3. The molecule has 0 aliphatic carbocycles. The fraction of sp³-hybridized carbons (Fsp3) is 0.364. The quantitative estimate of drug-likeness (QED) is 0.168. The highest BCUT2D eigenvalue weighted by molar-refractivity contribution is 9.09. The number of rotatable bonds is 5. The molecule has 0 amide bonds. The van der Waals surface area contributed by atoms with Crippen LogP contribution in [-0.4, -0.2) is 36.8 Å². The second-order valence-electron chi connectivity index (χ2n) is 12.6. The van der Waals surface area contributed by atoms with Crippen LogP contribution in [0.3, 0.4) is 0 Å². The van der Waals surface area contributed by atoms with Crippen LogP contribution in [-0.2, 0) is 19.9 Å². The highest BCUT2D eigenvalue weighted by Crippen LogP contribution is 2.57. The van der Waals surface area contributed by atoms with Crippen LogP contribution in [0, 0.1) is 10.8 Å². The van der Waals surface area contributed by atoms with Crippen LogP contribution in [0.2, 0.25) is 0 Å². The summed E-state index contributed by atoms with van der Waals surface area (Å²) in [4.78, 5) is 40.8. The first-order valence-electron chi connectivity index (χ1n) is 13.7. The Hall–Kier alpha value is -3.85. The Morgan fingerprint density at radius 2 is 1.31 bits per heavy atom. The fourth-order valence-electron chi connectivity index (χ4n) is 4.82. The molecule has 0 saturated heterocycles. The highest BCUT2D eigenvalue weighted by atomic mass is 79.9. The standard InChI is InChI=1S/C33H34BrNO7/c1-31(2,3)29(37)39-20-9-12-24-26(17-20)41-27-18-21(40-30(38)32(4,5)6)10-13-25(27)33(24)23-11-8-19(35(7)15-14-34)16-22(23)28(36)42-33/h8-13,16-18H,14-15H2,1-7H3. The largest absolute Gasteiger partial charge is 0.456 e. The monoisotopic (exact) mass is 635 g/mol. The van der Waals surface area contributed by atoms with Gasteiger partial charge in [0.2, 0.25) is 0 Å². The van der Waals surface area contributed by atoms with Gasteiger partial charge in [0.25, 0.3) is 0 Å². The Bertz CT molecular complexity index is 1520. The molecular weight excluding hydrogens is 602 g/mol. The zero-order chi connectivity index (χ0) is 30.6. The molecule has 42 heavy (non-hydrogen) atoms. The molecule has 3 aromatic rings. The molecule has 8 nitrogen and oxygen atoms in total. The van der Waals surface area contributed by atoms with Gasteiger partial charge in [-0.2, -0.15) is 0 Å². The van der Waals surface area contributed by atoms with Gasteiger partial charge in [0, 0.05) is 53.4 Å². The van der Waals surface area contributed by atoms with Crippen LogP contribution in [0.5, 0.6) is 23.0 Å². The molecule has 0 unspecified atom stereocenters. The van der Waals surface area contributed by atoms with Crippen LogP contribution in [0.4, 0.5) is 5.69 Å². The summed E-state index contributed by atoms with van der Waals surface area (Å²) in [6.07, 6.45) is 0. The van der Waals surface area contributed by atoms with E-state index in [9.17, 15) is 14.4 Å². The molecule has 5 rings (SSSR count). The molecule has 0 saturated carbocycles. The van der Waals surface area contributed by atoms with Crippen LogP contribution < -0.4 is 19.1 Å². The summed E-state index contributed by atoms with van der Waals surface area (Å²) in [5.41, 5.74) is 0.390. The fourth-order valence-corrected chi connectivity index (χ4v) is 5.35. The van der Waals surface area contributed by atoms with Crippen LogP contribution in [0.15, 0.2) is 54.6 Å². The van der Waals surface area contributed by atoms with Crippen molar-refractivity contribution >= 4 is 39.5 Å². The van der Waals surface area contributed by atoms with Gasteiger partial charge in [0.05, 0.1) is 16.4 Å². The minimum Gasteiger partial charge on any atom is -0.456 e. The summed E-state index contributed by atoms with van der Waals surface area (Å²) >= 11 is 3.47. The molecule has 3 aromatic carbocycles. The molecule has 0 N–H and O–H groups in total. The molecule has 0 atom stereocenters. The lowest BCUT2D eigenvalue weighted by atomic mass is 9.77. The number of halogens is 1. The number of nitrogens with zero attached hydrogens (tertiary/aromatic N) is 1. The first-order valence-corrected chi connectivity index (χ1v) is 14.8. The van der Waals surface area contributed by atoms with Crippen molar-refractivity contribution in [1.29, 1.82) is 0 Å². The molecule has 2 heterocycles. The molecular formula is C33H34BrNO7. The topological polar surface area (TPSA) is 91.4 Å². The minimum atomic E-state index is -1.33. The summed E-state index contributed by atoms with van der Waals surface area (Å²) in [5.74, 6) is 0.0106. The molecule has 220 valence electrons. The smallest absolute Gasteiger partial charge is 0.340 e. The number of hydrogen-bond donors (Lipinski definition) is 0. The van der Waals surface area contributed by atoms with Crippen molar-refractivity contribution in [2.45, 2.75) is 47.1 Å². The maximum atomic E-state index is 13.5. The number of ether oxygens (including phenoxy) is 4. The lowest BCUT2D eigenvalue weighted by Gasteiger charge is -2.36. The van der Waals surface area contributed by atoms with Crippen molar-refractivity contribution in [1.82, 2.24) is 0 Å². The van der Waals surface area contributed by atoms with Gasteiger partial charge in [-0.1, -0.05) is 22.0 Å².